The van der Waals surface area contributed by atoms with Crippen molar-refractivity contribution in [3.05, 3.63) is 28.8 Å². The second kappa shape index (κ2) is 4.98. The van der Waals surface area contributed by atoms with Gasteiger partial charge in [-0.25, -0.2) is 4.79 Å². The number of carbonyl (C=O) groups is 2. The number of carbonyl (C=O) groups excluding carboxylic acids is 1. The van der Waals surface area contributed by atoms with Crippen LogP contribution in [0.5, 0.6) is 0 Å². The van der Waals surface area contributed by atoms with Crippen LogP contribution in [0.15, 0.2) is 18.2 Å². The molecular formula is C14H15ClN2O3. The summed E-state index contributed by atoms with van der Waals surface area (Å²) >= 11 is 6.01. The zero-order chi connectivity index (χ0) is 14.3. The van der Waals surface area contributed by atoms with E-state index in [1.165, 1.54) is 6.07 Å². The fourth-order valence-electron chi connectivity index (χ4n) is 2.97. The minimum absolute atomic E-state index is 0.116. The Labute approximate surface area is 121 Å². The molecule has 0 saturated carbocycles. The Bertz CT molecular complexity index is 576. The number of nitrogens with zero attached hydrogens (tertiary/aromatic N) is 2. The molecule has 0 bridgehead atoms. The van der Waals surface area contributed by atoms with Crippen molar-refractivity contribution in [3.8, 4) is 0 Å². The molecule has 2 aliphatic rings. The molecule has 2 fully saturated rings. The third-order valence-corrected chi connectivity index (χ3v) is 4.36. The molecule has 2 saturated heterocycles. The van der Waals surface area contributed by atoms with Crippen LogP contribution in [0.25, 0.3) is 0 Å². The van der Waals surface area contributed by atoms with Gasteiger partial charge in [-0.05, 0) is 24.6 Å². The minimum atomic E-state index is -1.02. The Hall–Kier alpha value is -1.75. The number of carboxylic acids is 1. The van der Waals surface area contributed by atoms with E-state index in [1.54, 1.807) is 12.1 Å². The number of amides is 1. The maximum atomic E-state index is 11.6. The maximum absolute atomic E-state index is 11.6. The van der Waals surface area contributed by atoms with E-state index in [2.05, 4.69) is 4.90 Å². The Morgan fingerprint density at radius 2 is 2.15 bits per heavy atom. The van der Waals surface area contributed by atoms with Crippen LogP contribution < -0.4 is 4.90 Å². The average Bonchev–Trinajstić information content (AvgIpc) is 2.79. The molecule has 1 unspecified atom stereocenters. The monoisotopic (exact) mass is 294 g/mol. The zero-order valence-electron chi connectivity index (χ0n) is 10.9. The number of carboxylic acid groups (broad SMARTS) is 1. The summed E-state index contributed by atoms with van der Waals surface area (Å²) in [5, 5.41) is 9.23. The van der Waals surface area contributed by atoms with Crippen LogP contribution in [0.4, 0.5) is 5.69 Å². The van der Waals surface area contributed by atoms with Crippen molar-refractivity contribution < 1.29 is 14.7 Å². The molecule has 0 radical (unpaired) electrons. The molecule has 5 nitrogen and oxygen atoms in total. The van der Waals surface area contributed by atoms with Crippen molar-refractivity contribution in [2.24, 2.45) is 0 Å². The second-order valence-corrected chi connectivity index (χ2v) is 5.60. The summed E-state index contributed by atoms with van der Waals surface area (Å²) in [5.41, 5.74) is 1.03. The quantitative estimate of drug-likeness (QED) is 0.904. The normalized spacial score (nSPS) is 22.1. The highest BCUT2D eigenvalue weighted by atomic mass is 35.5. The summed E-state index contributed by atoms with van der Waals surface area (Å²) < 4.78 is 0. The third-order valence-electron chi connectivity index (χ3n) is 4.04. The number of halogens is 1. The Morgan fingerprint density at radius 3 is 2.85 bits per heavy atom. The highest BCUT2D eigenvalue weighted by Crippen LogP contribution is 2.29. The third kappa shape index (κ3) is 2.22. The number of hydrogen-bond acceptors (Lipinski definition) is 3. The molecule has 1 N–H and O–H groups in total. The largest absolute Gasteiger partial charge is 0.478 e. The first-order chi connectivity index (χ1) is 9.56. The standard InChI is InChI=1S/C14H15ClN2O3/c15-12-7-9(1-3-11(12)14(19)20)16-5-6-17-10(8-16)2-4-13(17)18/h1,3,7,10H,2,4-6,8H2,(H,19,20). The van der Waals surface area contributed by atoms with Gasteiger partial charge >= 0.3 is 5.97 Å². The first-order valence-corrected chi connectivity index (χ1v) is 7.01. The summed E-state index contributed by atoms with van der Waals surface area (Å²) in [7, 11) is 0. The van der Waals surface area contributed by atoms with E-state index in [0.29, 0.717) is 6.42 Å². The Morgan fingerprint density at radius 1 is 1.35 bits per heavy atom. The fourth-order valence-corrected chi connectivity index (χ4v) is 3.23. The van der Waals surface area contributed by atoms with E-state index in [0.717, 1.165) is 31.7 Å². The van der Waals surface area contributed by atoms with Crippen LogP contribution in [-0.2, 0) is 4.79 Å². The molecule has 0 aliphatic carbocycles. The summed E-state index contributed by atoms with van der Waals surface area (Å²) in [6.45, 7) is 2.27. The van der Waals surface area contributed by atoms with Gasteiger partial charge in [-0.2, -0.15) is 0 Å². The van der Waals surface area contributed by atoms with Crippen molar-refractivity contribution in [2.45, 2.75) is 18.9 Å². The first-order valence-electron chi connectivity index (χ1n) is 6.63. The molecular weight excluding hydrogens is 280 g/mol. The molecule has 20 heavy (non-hydrogen) atoms. The smallest absolute Gasteiger partial charge is 0.337 e. The van der Waals surface area contributed by atoms with Gasteiger partial charge in [0.15, 0.2) is 0 Å². The number of aromatic carboxylic acids is 1. The zero-order valence-corrected chi connectivity index (χ0v) is 11.6. The van der Waals surface area contributed by atoms with Gasteiger partial charge in [0.1, 0.15) is 0 Å². The molecule has 0 aromatic heterocycles. The van der Waals surface area contributed by atoms with Crippen molar-refractivity contribution in [2.75, 3.05) is 24.5 Å². The molecule has 106 valence electrons. The molecule has 3 rings (SSSR count). The SMILES string of the molecule is O=C(O)c1ccc(N2CCN3C(=O)CCC3C2)cc1Cl. The molecule has 6 heteroatoms. The first kappa shape index (κ1) is 13.2. The van der Waals surface area contributed by atoms with E-state index >= 15 is 0 Å². The summed E-state index contributed by atoms with van der Waals surface area (Å²) in [4.78, 5) is 26.7. The molecule has 1 amide bonds. The van der Waals surface area contributed by atoms with Crippen LogP contribution in [0.3, 0.4) is 0 Å². The predicted octanol–water partition coefficient (Wildman–Crippen LogP) is 1.85. The molecule has 1 aromatic rings. The van der Waals surface area contributed by atoms with Crippen molar-refractivity contribution in [1.82, 2.24) is 4.90 Å². The van der Waals surface area contributed by atoms with E-state index < -0.39 is 5.97 Å². The highest BCUT2D eigenvalue weighted by molar-refractivity contribution is 6.33. The Balaban J connectivity index is 1.79. The molecule has 2 heterocycles. The Kier molecular flexibility index (Phi) is 3.30. The number of anilines is 1. The fraction of sp³-hybridized carbons (Fsp3) is 0.429. The van der Waals surface area contributed by atoms with Gasteiger partial charge < -0.3 is 14.9 Å². The van der Waals surface area contributed by atoms with Crippen LogP contribution in [0.2, 0.25) is 5.02 Å². The van der Waals surface area contributed by atoms with Crippen molar-refractivity contribution >= 4 is 29.2 Å². The highest BCUT2D eigenvalue weighted by Gasteiger charge is 2.35. The van der Waals surface area contributed by atoms with Gasteiger partial charge in [-0.1, -0.05) is 11.6 Å². The number of piperazine rings is 1. The van der Waals surface area contributed by atoms with Crippen LogP contribution in [0, 0.1) is 0 Å². The topological polar surface area (TPSA) is 60.9 Å². The van der Waals surface area contributed by atoms with E-state index in [1.807, 2.05) is 4.90 Å². The lowest BCUT2D eigenvalue weighted by Crippen LogP contribution is -2.51. The maximum Gasteiger partial charge on any atom is 0.337 e. The second-order valence-electron chi connectivity index (χ2n) is 5.19. The van der Waals surface area contributed by atoms with Crippen LogP contribution >= 0.6 is 11.6 Å². The number of rotatable bonds is 2. The van der Waals surface area contributed by atoms with Crippen molar-refractivity contribution in [3.63, 3.8) is 0 Å². The van der Waals surface area contributed by atoms with Gasteiger partial charge in [0.2, 0.25) is 5.91 Å². The number of fused-ring (bicyclic) bond motifs is 1. The summed E-state index contributed by atoms with van der Waals surface area (Å²) in [6.07, 6.45) is 1.54. The van der Waals surface area contributed by atoms with Gasteiger partial charge in [-0.3, -0.25) is 4.79 Å². The van der Waals surface area contributed by atoms with E-state index in [4.69, 9.17) is 16.7 Å². The van der Waals surface area contributed by atoms with Gasteiger partial charge in [0.05, 0.1) is 10.6 Å². The van der Waals surface area contributed by atoms with E-state index in [9.17, 15) is 9.59 Å². The lowest BCUT2D eigenvalue weighted by Gasteiger charge is -2.39. The molecule has 1 atom stereocenters. The van der Waals surface area contributed by atoms with Crippen molar-refractivity contribution in [1.29, 1.82) is 0 Å². The summed E-state index contributed by atoms with van der Waals surface area (Å²) in [5.74, 6) is -0.776. The number of hydrogen-bond donors (Lipinski definition) is 1. The van der Waals surface area contributed by atoms with Crippen LogP contribution in [0.1, 0.15) is 23.2 Å². The van der Waals surface area contributed by atoms with E-state index in [-0.39, 0.29) is 22.5 Å². The van der Waals surface area contributed by atoms with Gasteiger partial charge in [-0.15, -0.1) is 0 Å². The minimum Gasteiger partial charge on any atom is -0.478 e. The average molecular weight is 295 g/mol. The van der Waals surface area contributed by atoms with Crippen LogP contribution in [-0.4, -0.2) is 47.6 Å². The lowest BCUT2D eigenvalue weighted by atomic mass is 10.1. The van der Waals surface area contributed by atoms with Gasteiger partial charge in [0, 0.05) is 37.8 Å². The summed E-state index contributed by atoms with van der Waals surface area (Å²) in [6, 6.07) is 5.28. The predicted molar refractivity (Wildman–Crippen MR) is 75.4 cm³/mol. The molecule has 2 aliphatic heterocycles. The lowest BCUT2D eigenvalue weighted by molar-refractivity contribution is -0.129. The molecule has 1 aromatic carbocycles. The number of benzene rings is 1. The van der Waals surface area contributed by atoms with Gasteiger partial charge in [0.25, 0.3) is 0 Å². The molecule has 0 spiro atoms.